The lowest BCUT2D eigenvalue weighted by atomic mass is 10.1. The minimum Gasteiger partial charge on any atom is -0.544 e. The number of hydrogen-bond donors (Lipinski definition) is 0. The summed E-state index contributed by atoms with van der Waals surface area (Å²) in [7, 11) is -3.57. The maximum absolute atomic E-state index is 6.20. The van der Waals surface area contributed by atoms with Crippen molar-refractivity contribution in [2.75, 3.05) is 13.2 Å². The molecule has 5 heteroatoms. The van der Waals surface area contributed by atoms with Gasteiger partial charge in [-0.25, -0.2) is 0 Å². The van der Waals surface area contributed by atoms with E-state index in [2.05, 4.69) is 50.5 Å². The van der Waals surface area contributed by atoms with Crippen LogP contribution in [0.5, 0.6) is 5.75 Å². The van der Waals surface area contributed by atoms with Gasteiger partial charge in [-0.2, -0.15) is 0 Å². The molecule has 0 unspecified atom stereocenters. The molecule has 0 atom stereocenters. The first-order chi connectivity index (χ1) is 10.3. The summed E-state index contributed by atoms with van der Waals surface area (Å²) < 4.78 is 18.0. The van der Waals surface area contributed by atoms with Gasteiger partial charge in [0.15, 0.2) is 0 Å². The van der Waals surface area contributed by atoms with Crippen molar-refractivity contribution in [1.29, 1.82) is 0 Å². The zero-order valence-corrected chi connectivity index (χ0v) is 17.1. The first-order valence-electron chi connectivity index (χ1n) is 8.34. The van der Waals surface area contributed by atoms with Crippen LogP contribution in [0, 0.1) is 0 Å². The highest BCUT2D eigenvalue weighted by molar-refractivity contribution is 6.70. The normalized spacial score (nSPS) is 12.5. The summed E-state index contributed by atoms with van der Waals surface area (Å²) in [6.45, 7) is 14.4. The standard InChI is InChI=1S/C17H32O3Si2/c1-7-18-22(6,19-8-2)15-11-13-16-12-9-10-14-17(16)20-21(3,4)5/h9-10,12,14H,7-8,11,13,15H2,1-6H3. The van der Waals surface area contributed by atoms with Crippen molar-refractivity contribution in [3.05, 3.63) is 29.8 Å². The third-order valence-corrected chi connectivity index (χ3v) is 7.26. The zero-order chi connectivity index (χ0) is 16.6. The molecule has 1 aromatic carbocycles. The number of aryl methyl sites for hydroxylation is 1. The Morgan fingerprint density at radius 2 is 1.50 bits per heavy atom. The summed E-state index contributed by atoms with van der Waals surface area (Å²) in [6.07, 6.45) is 2.10. The Morgan fingerprint density at radius 3 is 2.05 bits per heavy atom. The third kappa shape index (κ3) is 7.09. The first-order valence-corrected chi connectivity index (χ1v) is 14.3. The molecule has 1 aromatic rings. The van der Waals surface area contributed by atoms with Crippen molar-refractivity contribution < 1.29 is 13.3 Å². The monoisotopic (exact) mass is 340 g/mol. The van der Waals surface area contributed by atoms with Crippen LogP contribution in [0.4, 0.5) is 0 Å². The van der Waals surface area contributed by atoms with Gasteiger partial charge in [-0.1, -0.05) is 18.2 Å². The van der Waals surface area contributed by atoms with Crippen LogP contribution < -0.4 is 4.43 Å². The van der Waals surface area contributed by atoms with Gasteiger partial charge in [-0.15, -0.1) is 0 Å². The van der Waals surface area contributed by atoms with Gasteiger partial charge in [0.1, 0.15) is 5.75 Å². The number of benzene rings is 1. The summed E-state index contributed by atoms with van der Waals surface area (Å²) in [5, 5.41) is 0. The lowest BCUT2D eigenvalue weighted by Gasteiger charge is -2.26. The van der Waals surface area contributed by atoms with Crippen LogP contribution in [-0.4, -0.2) is 30.1 Å². The summed E-state index contributed by atoms with van der Waals surface area (Å²) in [4.78, 5) is 0. The lowest BCUT2D eigenvalue weighted by molar-refractivity contribution is 0.188. The molecule has 0 aliphatic heterocycles. The van der Waals surface area contributed by atoms with E-state index in [4.69, 9.17) is 13.3 Å². The van der Waals surface area contributed by atoms with E-state index >= 15 is 0 Å². The second-order valence-corrected chi connectivity index (χ2v) is 14.4. The van der Waals surface area contributed by atoms with E-state index in [9.17, 15) is 0 Å². The average molecular weight is 341 g/mol. The van der Waals surface area contributed by atoms with E-state index in [-0.39, 0.29) is 0 Å². The molecule has 0 aromatic heterocycles. The maximum atomic E-state index is 6.20. The second kappa shape index (κ2) is 8.86. The Balaban J connectivity index is 2.64. The highest BCUT2D eigenvalue weighted by atomic mass is 28.4. The smallest absolute Gasteiger partial charge is 0.334 e. The number of rotatable bonds is 10. The van der Waals surface area contributed by atoms with Gasteiger partial charge in [0, 0.05) is 13.2 Å². The van der Waals surface area contributed by atoms with Crippen LogP contribution >= 0.6 is 0 Å². The van der Waals surface area contributed by atoms with Crippen LogP contribution in [0.25, 0.3) is 0 Å². The predicted molar refractivity (Wildman–Crippen MR) is 98.4 cm³/mol. The first kappa shape index (κ1) is 19.4. The van der Waals surface area contributed by atoms with Crippen LogP contribution in [-0.2, 0) is 15.3 Å². The predicted octanol–water partition coefficient (Wildman–Crippen LogP) is 4.98. The molecule has 0 heterocycles. The highest BCUT2D eigenvalue weighted by Gasteiger charge is 2.30. The molecule has 126 valence electrons. The lowest BCUT2D eigenvalue weighted by Crippen LogP contribution is -2.38. The van der Waals surface area contributed by atoms with Crippen LogP contribution in [0.1, 0.15) is 25.8 Å². The molecular weight excluding hydrogens is 308 g/mol. The number of para-hydroxylation sites is 1. The quantitative estimate of drug-likeness (QED) is 0.562. The largest absolute Gasteiger partial charge is 0.544 e. The van der Waals surface area contributed by atoms with Gasteiger partial charge in [-0.05, 0) is 70.6 Å². The zero-order valence-electron chi connectivity index (χ0n) is 15.1. The van der Waals surface area contributed by atoms with Crippen molar-refractivity contribution in [1.82, 2.24) is 0 Å². The van der Waals surface area contributed by atoms with E-state index in [1.807, 2.05) is 13.8 Å². The van der Waals surface area contributed by atoms with Crippen molar-refractivity contribution in [3.63, 3.8) is 0 Å². The molecule has 3 nitrogen and oxygen atoms in total. The van der Waals surface area contributed by atoms with E-state index in [1.165, 1.54) is 5.56 Å². The fourth-order valence-electron chi connectivity index (χ4n) is 2.54. The minimum atomic E-state index is -2.00. The van der Waals surface area contributed by atoms with E-state index in [1.54, 1.807) is 0 Å². The topological polar surface area (TPSA) is 27.7 Å². The van der Waals surface area contributed by atoms with Crippen molar-refractivity contribution >= 4 is 16.9 Å². The van der Waals surface area contributed by atoms with Crippen molar-refractivity contribution in [3.8, 4) is 5.75 Å². The summed E-state index contributed by atoms with van der Waals surface area (Å²) in [5.74, 6) is 1.05. The summed E-state index contributed by atoms with van der Waals surface area (Å²) in [6, 6.07) is 9.44. The minimum absolute atomic E-state index is 0.734. The molecule has 0 saturated heterocycles. The fraction of sp³-hybridized carbons (Fsp3) is 0.647. The maximum Gasteiger partial charge on any atom is 0.334 e. The summed E-state index contributed by atoms with van der Waals surface area (Å²) in [5.41, 5.74) is 1.30. The molecule has 0 aliphatic carbocycles. The molecule has 0 spiro atoms. The third-order valence-electron chi connectivity index (χ3n) is 3.37. The molecule has 1 rings (SSSR count). The Hall–Kier alpha value is -0.626. The molecule has 0 saturated carbocycles. The Labute approximate surface area is 138 Å². The van der Waals surface area contributed by atoms with Gasteiger partial charge in [0.05, 0.1) is 0 Å². The van der Waals surface area contributed by atoms with Gasteiger partial charge < -0.3 is 13.3 Å². The van der Waals surface area contributed by atoms with Gasteiger partial charge in [0.25, 0.3) is 0 Å². The van der Waals surface area contributed by atoms with E-state index in [0.717, 1.165) is 37.8 Å². The van der Waals surface area contributed by atoms with Gasteiger partial charge in [-0.3, -0.25) is 0 Å². The Morgan fingerprint density at radius 1 is 0.909 bits per heavy atom. The van der Waals surface area contributed by atoms with E-state index < -0.39 is 16.9 Å². The van der Waals surface area contributed by atoms with Gasteiger partial charge in [0.2, 0.25) is 8.32 Å². The van der Waals surface area contributed by atoms with Crippen LogP contribution in [0.3, 0.4) is 0 Å². The molecule has 0 N–H and O–H groups in total. The SMILES string of the molecule is CCO[Si](C)(CCCc1ccccc1O[Si](C)(C)C)OCC. The van der Waals surface area contributed by atoms with E-state index in [0.29, 0.717) is 0 Å². The van der Waals surface area contributed by atoms with Crippen LogP contribution in [0.15, 0.2) is 24.3 Å². The molecule has 0 amide bonds. The molecular formula is C17H32O3Si2. The molecule has 22 heavy (non-hydrogen) atoms. The Bertz CT molecular complexity index is 438. The van der Waals surface area contributed by atoms with Crippen molar-refractivity contribution in [2.24, 2.45) is 0 Å². The van der Waals surface area contributed by atoms with Crippen LogP contribution in [0.2, 0.25) is 32.2 Å². The summed E-state index contributed by atoms with van der Waals surface area (Å²) >= 11 is 0. The second-order valence-electron chi connectivity index (χ2n) is 6.68. The molecule has 0 bridgehead atoms. The molecule has 0 aliphatic rings. The molecule has 0 fully saturated rings. The number of hydrogen-bond acceptors (Lipinski definition) is 3. The Kier molecular flexibility index (Phi) is 7.82. The molecule has 0 radical (unpaired) electrons. The fourth-order valence-corrected chi connectivity index (χ4v) is 5.81. The average Bonchev–Trinajstić information content (AvgIpc) is 2.39. The highest BCUT2D eigenvalue weighted by Crippen LogP contribution is 2.25. The van der Waals surface area contributed by atoms with Gasteiger partial charge >= 0.3 is 8.56 Å². The van der Waals surface area contributed by atoms with Crippen molar-refractivity contribution in [2.45, 2.75) is 58.9 Å².